The van der Waals surface area contributed by atoms with Crippen molar-refractivity contribution in [3.05, 3.63) is 70.8 Å². The minimum absolute atomic E-state index is 0.185. The van der Waals surface area contributed by atoms with Crippen LogP contribution in [0.3, 0.4) is 0 Å². The van der Waals surface area contributed by atoms with E-state index in [9.17, 15) is 0 Å². The molecular weight excluding hydrogens is 454 g/mol. The van der Waals surface area contributed by atoms with Gasteiger partial charge in [0.15, 0.2) is 0 Å². The standard InChI is InChI=1S/C33H40NOSi/c1-20-15-26-24-13-11-12-14-29(24)35-32(26)31(22(20)3)28-17-23(19-33(4,5)6)25-18-30(36(8,9)10)21(2)16-27(25)34(28)7/h11-18H,19H2,1-10H3/q+1. The molecule has 0 fully saturated rings. The SMILES string of the molecule is Cc1cc2c(cc1[Si](C)(C)C)c(CC(C)(C)C)cc(-c1c(C)c(C)cc3c1oc1ccccc13)[n+]2C. The van der Waals surface area contributed by atoms with E-state index in [1.807, 2.05) is 0 Å². The molecule has 5 rings (SSSR count). The van der Waals surface area contributed by atoms with Gasteiger partial charge in [-0.2, -0.15) is 4.57 Å². The number of rotatable bonds is 3. The zero-order valence-electron chi connectivity index (χ0n) is 23.7. The number of pyridine rings is 1. The molecule has 0 amide bonds. The summed E-state index contributed by atoms with van der Waals surface area (Å²) in [5.41, 5.74) is 11.3. The fourth-order valence-electron chi connectivity index (χ4n) is 5.86. The van der Waals surface area contributed by atoms with Crippen LogP contribution in [0.15, 0.2) is 52.9 Å². The topological polar surface area (TPSA) is 17.0 Å². The second-order valence-electron chi connectivity index (χ2n) is 13.0. The zero-order chi connectivity index (χ0) is 26.2. The van der Waals surface area contributed by atoms with Gasteiger partial charge < -0.3 is 4.42 Å². The number of aromatic nitrogens is 1. The van der Waals surface area contributed by atoms with Crippen molar-refractivity contribution < 1.29 is 8.98 Å². The summed E-state index contributed by atoms with van der Waals surface area (Å²) in [4.78, 5) is 0. The average Bonchev–Trinajstić information content (AvgIpc) is 3.13. The van der Waals surface area contributed by atoms with Crippen LogP contribution in [0.1, 0.15) is 43.0 Å². The fraction of sp³-hybridized carbons (Fsp3) is 0.364. The molecule has 0 bridgehead atoms. The molecule has 2 aromatic heterocycles. The Kier molecular flexibility index (Phi) is 5.72. The van der Waals surface area contributed by atoms with Gasteiger partial charge in [-0.3, -0.25) is 0 Å². The summed E-state index contributed by atoms with van der Waals surface area (Å²) in [7, 11) is 0.757. The molecule has 2 heterocycles. The molecule has 0 aliphatic heterocycles. The summed E-state index contributed by atoms with van der Waals surface area (Å²) in [6.45, 7) is 21.1. The highest BCUT2D eigenvalue weighted by atomic mass is 28.3. The number of aryl methyl sites for hydroxylation is 3. The molecule has 3 heteroatoms. The van der Waals surface area contributed by atoms with Crippen molar-refractivity contribution in [1.29, 1.82) is 0 Å². The van der Waals surface area contributed by atoms with Crippen LogP contribution in [0.2, 0.25) is 19.6 Å². The first kappa shape index (κ1) is 24.8. The van der Waals surface area contributed by atoms with Crippen molar-refractivity contribution in [1.82, 2.24) is 0 Å². The highest BCUT2D eigenvalue weighted by molar-refractivity contribution is 6.89. The Bertz CT molecular complexity index is 1660. The summed E-state index contributed by atoms with van der Waals surface area (Å²) < 4.78 is 8.96. The third-order valence-electron chi connectivity index (χ3n) is 7.70. The van der Waals surface area contributed by atoms with Crippen molar-refractivity contribution in [2.45, 2.75) is 67.6 Å². The third kappa shape index (κ3) is 4.08. The van der Waals surface area contributed by atoms with Crippen LogP contribution in [-0.4, -0.2) is 8.07 Å². The molecule has 0 saturated carbocycles. The summed E-state index contributed by atoms with van der Waals surface area (Å²) in [6, 6.07) is 18.1. The van der Waals surface area contributed by atoms with E-state index < -0.39 is 8.07 Å². The van der Waals surface area contributed by atoms with E-state index in [0.29, 0.717) is 0 Å². The summed E-state index contributed by atoms with van der Waals surface area (Å²) >= 11 is 0. The lowest BCUT2D eigenvalue weighted by Gasteiger charge is -2.23. The molecule has 186 valence electrons. The minimum Gasteiger partial charge on any atom is -0.455 e. The predicted octanol–water partition coefficient (Wildman–Crippen LogP) is 8.29. The minimum atomic E-state index is -1.47. The van der Waals surface area contributed by atoms with Gasteiger partial charge in [0.25, 0.3) is 0 Å². The van der Waals surface area contributed by atoms with Crippen LogP contribution < -0.4 is 9.75 Å². The van der Waals surface area contributed by atoms with Crippen LogP contribution in [0.5, 0.6) is 0 Å². The van der Waals surface area contributed by atoms with Crippen molar-refractivity contribution in [2.24, 2.45) is 12.5 Å². The lowest BCUT2D eigenvalue weighted by Crippen LogP contribution is -2.41. The molecule has 0 saturated heterocycles. The highest BCUT2D eigenvalue weighted by Crippen LogP contribution is 2.40. The van der Waals surface area contributed by atoms with Gasteiger partial charge in [-0.1, -0.05) is 63.8 Å². The second kappa shape index (κ2) is 8.31. The van der Waals surface area contributed by atoms with Gasteiger partial charge >= 0.3 is 0 Å². The second-order valence-corrected chi connectivity index (χ2v) is 18.0. The molecule has 0 unspecified atom stereocenters. The van der Waals surface area contributed by atoms with Gasteiger partial charge in [0, 0.05) is 28.3 Å². The van der Waals surface area contributed by atoms with Crippen LogP contribution >= 0.6 is 0 Å². The quantitative estimate of drug-likeness (QED) is 0.182. The average molecular weight is 495 g/mol. The molecule has 0 N–H and O–H groups in total. The maximum absolute atomic E-state index is 6.56. The largest absolute Gasteiger partial charge is 0.455 e. The highest BCUT2D eigenvalue weighted by Gasteiger charge is 2.28. The maximum Gasteiger partial charge on any atom is 0.217 e. The Labute approximate surface area is 217 Å². The van der Waals surface area contributed by atoms with E-state index in [-0.39, 0.29) is 5.41 Å². The van der Waals surface area contributed by atoms with Gasteiger partial charge in [0.1, 0.15) is 18.2 Å². The van der Waals surface area contributed by atoms with Gasteiger partial charge in [-0.15, -0.1) is 0 Å². The number of para-hydroxylation sites is 1. The Morgan fingerprint density at radius 1 is 0.833 bits per heavy atom. The molecule has 36 heavy (non-hydrogen) atoms. The molecule has 2 nitrogen and oxygen atoms in total. The van der Waals surface area contributed by atoms with Gasteiger partial charge in [0.05, 0.1) is 13.6 Å². The number of fused-ring (bicyclic) bond motifs is 4. The first-order valence-corrected chi connectivity index (χ1v) is 16.6. The first-order valence-electron chi connectivity index (χ1n) is 13.1. The third-order valence-corrected chi connectivity index (χ3v) is 9.85. The number of nitrogens with zero attached hydrogens (tertiary/aromatic N) is 1. The van der Waals surface area contributed by atoms with Crippen molar-refractivity contribution >= 4 is 46.1 Å². The summed E-state index contributed by atoms with van der Waals surface area (Å²) in [5, 5.41) is 5.34. The Balaban J connectivity index is 1.93. The van der Waals surface area contributed by atoms with E-state index in [0.717, 1.165) is 17.6 Å². The molecule has 0 aliphatic carbocycles. The van der Waals surface area contributed by atoms with E-state index in [1.54, 1.807) is 5.19 Å². The van der Waals surface area contributed by atoms with E-state index in [1.165, 1.54) is 55.2 Å². The zero-order valence-corrected chi connectivity index (χ0v) is 24.7. The van der Waals surface area contributed by atoms with E-state index in [4.69, 9.17) is 4.42 Å². The summed E-state index contributed by atoms with van der Waals surface area (Å²) in [5.74, 6) is 0. The number of benzene rings is 3. The van der Waals surface area contributed by atoms with Crippen LogP contribution in [0.4, 0.5) is 0 Å². The Morgan fingerprint density at radius 2 is 1.53 bits per heavy atom. The lowest BCUT2D eigenvalue weighted by molar-refractivity contribution is -0.633. The number of hydrogen-bond acceptors (Lipinski definition) is 1. The molecule has 0 aliphatic rings. The van der Waals surface area contributed by atoms with Crippen LogP contribution in [-0.2, 0) is 13.5 Å². The maximum atomic E-state index is 6.56. The molecule has 0 spiro atoms. The monoisotopic (exact) mass is 494 g/mol. The van der Waals surface area contributed by atoms with Gasteiger partial charge in [-0.05, 0) is 73.1 Å². The van der Waals surface area contributed by atoms with Gasteiger partial charge in [-0.25, -0.2) is 0 Å². The first-order chi connectivity index (χ1) is 16.8. The van der Waals surface area contributed by atoms with Crippen molar-refractivity contribution in [3.63, 3.8) is 0 Å². The predicted molar refractivity (Wildman–Crippen MR) is 158 cm³/mol. The normalized spacial score (nSPS) is 12.8. The fourth-order valence-corrected chi connectivity index (χ4v) is 7.69. The summed E-state index contributed by atoms with van der Waals surface area (Å²) in [6.07, 6.45) is 1.03. The van der Waals surface area contributed by atoms with Crippen molar-refractivity contribution in [3.8, 4) is 11.3 Å². The number of hydrogen-bond donors (Lipinski definition) is 0. The van der Waals surface area contributed by atoms with E-state index >= 15 is 0 Å². The Morgan fingerprint density at radius 3 is 2.19 bits per heavy atom. The van der Waals surface area contributed by atoms with Crippen LogP contribution in [0, 0.1) is 26.2 Å². The molecule has 3 aromatic carbocycles. The van der Waals surface area contributed by atoms with E-state index in [2.05, 4.69) is 121 Å². The van der Waals surface area contributed by atoms with Gasteiger partial charge in [0.2, 0.25) is 11.2 Å². The van der Waals surface area contributed by atoms with Crippen molar-refractivity contribution in [2.75, 3.05) is 0 Å². The molecule has 5 aromatic rings. The molecule has 0 atom stereocenters. The molecular formula is C33H40NOSi+. The van der Waals surface area contributed by atoms with Crippen LogP contribution in [0.25, 0.3) is 44.1 Å². The molecule has 0 radical (unpaired) electrons. The lowest BCUT2D eigenvalue weighted by atomic mass is 9.85. The smallest absolute Gasteiger partial charge is 0.217 e. The Hall–Kier alpha value is -2.91. The number of furan rings is 1.